The normalized spacial score (nSPS) is 12.8. The highest BCUT2D eigenvalue weighted by Crippen LogP contribution is 2.21. The van der Waals surface area contributed by atoms with E-state index in [1.54, 1.807) is 22.9 Å². The standard InChI is InChI=1S/C15H20N2O2/c1-12(2)15(19)13-6-8-16(11-13)9-10-17-7-4-3-5-14(17)18/h3-8,11-12,15,19H,9-10H2,1-2H3. The molecule has 4 nitrogen and oxygen atoms in total. The Labute approximate surface area is 112 Å². The maximum absolute atomic E-state index is 11.6. The Morgan fingerprint density at radius 3 is 2.63 bits per heavy atom. The Kier molecular flexibility index (Phi) is 4.22. The minimum Gasteiger partial charge on any atom is -0.388 e. The van der Waals surface area contributed by atoms with Gasteiger partial charge in [-0.05, 0) is 23.6 Å². The predicted octanol–water partition coefficient (Wildman–Crippen LogP) is 2.04. The van der Waals surface area contributed by atoms with Gasteiger partial charge in [-0.25, -0.2) is 0 Å². The second kappa shape index (κ2) is 5.89. The summed E-state index contributed by atoms with van der Waals surface area (Å²) in [5, 5.41) is 9.97. The first kappa shape index (κ1) is 13.6. The predicted molar refractivity (Wildman–Crippen MR) is 74.9 cm³/mol. The molecule has 0 aliphatic carbocycles. The number of pyridine rings is 1. The largest absolute Gasteiger partial charge is 0.388 e. The average Bonchev–Trinajstić information content (AvgIpc) is 2.85. The fraction of sp³-hybridized carbons (Fsp3) is 0.400. The van der Waals surface area contributed by atoms with Gasteiger partial charge in [0.2, 0.25) is 0 Å². The lowest BCUT2D eigenvalue weighted by molar-refractivity contribution is 0.127. The van der Waals surface area contributed by atoms with Gasteiger partial charge < -0.3 is 14.2 Å². The third kappa shape index (κ3) is 3.35. The molecule has 0 bridgehead atoms. The lowest BCUT2D eigenvalue weighted by Gasteiger charge is -2.12. The molecule has 0 saturated carbocycles. The summed E-state index contributed by atoms with van der Waals surface area (Å²) in [6.45, 7) is 5.33. The van der Waals surface area contributed by atoms with Crippen LogP contribution in [0.5, 0.6) is 0 Å². The molecule has 2 aromatic rings. The first-order valence-corrected chi connectivity index (χ1v) is 6.57. The number of hydrogen-bond acceptors (Lipinski definition) is 2. The Morgan fingerprint density at radius 2 is 1.95 bits per heavy atom. The van der Waals surface area contributed by atoms with Crippen LogP contribution in [-0.4, -0.2) is 14.2 Å². The molecule has 2 rings (SSSR count). The van der Waals surface area contributed by atoms with Gasteiger partial charge in [-0.15, -0.1) is 0 Å². The molecular weight excluding hydrogens is 240 g/mol. The number of nitrogens with zero attached hydrogens (tertiary/aromatic N) is 2. The average molecular weight is 260 g/mol. The van der Waals surface area contributed by atoms with Gasteiger partial charge in [0, 0.05) is 37.7 Å². The van der Waals surface area contributed by atoms with E-state index in [0.29, 0.717) is 13.1 Å². The summed E-state index contributed by atoms with van der Waals surface area (Å²) in [7, 11) is 0. The molecule has 1 atom stereocenters. The van der Waals surface area contributed by atoms with E-state index in [2.05, 4.69) is 0 Å². The van der Waals surface area contributed by atoms with Crippen molar-refractivity contribution in [1.29, 1.82) is 0 Å². The van der Waals surface area contributed by atoms with Crippen molar-refractivity contribution in [1.82, 2.24) is 9.13 Å². The summed E-state index contributed by atoms with van der Waals surface area (Å²) in [4.78, 5) is 11.6. The Balaban J connectivity index is 2.01. The molecule has 19 heavy (non-hydrogen) atoms. The maximum Gasteiger partial charge on any atom is 0.250 e. The van der Waals surface area contributed by atoms with Crippen LogP contribution in [0.1, 0.15) is 25.5 Å². The zero-order valence-corrected chi connectivity index (χ0v) is 11.4. The van der Waals surface area contributed by atoms with Crippen LogP contribution in [-0.2, 0) is 13.1 Å². The molecule has 0 amide bonds. The molecule has 102 valence electrons. The number of aliphatic hydroxyl groups is 1. The van der Waals surface area contributed by atoms with Gasteiger partial charge in [0.1, 0.15) is 0 Å². The Hall–Kier alpha value is -1.81. The lowest BCUT2D eigenvalue weighted by atomic mass is 10.0. The van der Waals surface area contributed by atoms with Crippen LogP contribution >= 0.6 is 0 Å². The van der Waals surface area contributed by atoms with Crippen LogP contribution < -0.4 is 5.56 Å². The van der Waals surface area contributed by atoms with Gasteiger partial charge in [-0.2, -0.15) is 0 Å². The van der Waals surface area contributed by atoms with Crippen LogP contribution in [0.3, 0.4) is 0 Å². The molecule has 1 N–H and O–H groups in total. The second-order valence-corrected chi connectivity index (χ2v) is 5.10. The Morgan fingerprint density at radius 1 is 1.16 bits per heavy atom. The van der Waals surface area contributed by atoms with Crippen molar-refractivity contribution in [2.75, 3.05) is 0 Å². The van der Waals surface area contributed by atoms with Gasteiger partial charge in [0.25, 0.3) is 5.56 Å². The zero-order valence-electron chi connectivity index (χ0n) is 11.4. The highest BCUT2D eigenvalue weighted by Gasteiger charge is 2.12. The highest BCUT2D eigenvalue weighted by atomic mass is 16.3. The molecule has 2 heterocycles. The highest BCUT2D eigenvalue weighted by molar-refractivity contribution is 5.14. The summed E-state index contributed by atoms with van der Waals surface area (Å²) < 4.78 is 3.68. The van der Waals surface area contributed by atoms with Crippen molar-refractivity contribution in [2.45, 2.75) is 33.0 Å². The van der Waals surface area contributed by atoms with Crippen molar-refractivity contribution in [3.8, 4) is 0 Å². The van der Waals surface area contributed by atoms with Crippen LogP contribution in [0, 0.1) is 5.92 Å². The Bertz CT molecular complexity index is 584. The number of hydrogen-bond donors (Lipinski definition) is 1. The second-order valence-electron chi connectivity index (χ2n) is 5.10. The molecule has 4 heteroatoms. The summed E-state index contributed by atoms with van der Waals surface area (Å²) >= 11 is 0. The lowest BCUT2D eigenvalue weighted by Crippen LogP contribution is -2.20. The van der Waals surface area contributed by atoms with Crippen LogP contribution in [0.4, 0.5) is 0 Å². The minimum absolute atomic E-state index is 0.0112. The number of rotatable bonds is 5. The van der Waals surface area contributed by atoms with E-state index in [1.807, 2.05) is 42.9 Å². The van der Waals surface area contributed by atoms with Gasteiger partial charge in [-0.3, -0.25) is 4.79 Å². The third-order valence-corrected chi connectivity index (χ3v) is 3.24. The molecule has 0 fully saturated rings. The van der Waals surface area contributed by atoms with Crippen molar-refractivity contribution < 1.29 is 5.11 Å². The van der Waals surface area contributed by atoms with Crippen LogP contribution in [0.2, 0.25) is 0 Å². The topological polar surface area (TPSA) is 47.2 Å². The van der Waals surface area contributed by atoms with E-state index in [4.69, 9.17) is 0 Å². The minimum atomic E-state index is -0.430. The molecule has 0 aromatic carbocycles. The third-order valence-electron chi connectivity index (χ3n) is 3.24. The molecule has 0 saturated heterocycles. The van der Waals surface area contributed by atoms with Crippen molar-refractivity contribution in [2.24, 2.45) is 5.92 Å². The van der Waals surface area contributed by atoms with E-state index in [1.165, 1.54) is 0 Å². The van der Waals surface area contributed by atoms with Crippen molar-refractivity contribution in [3.05, 3.63) is 58.8 Å². The monoisotopic (exact) mass is 260 g/mol. The van der Waals surface area contributed by atoms with E-state index >= 15 is 0 Å². The van der Waals surface area contributed by atoms with E-state index in [-0.39, 0.29) is 11.5 Å². The van der Waals surface area contributed by atoms with Crippen LogP contribution in [0.25, 0.3) is 0 Å². The van der Waals surface area contributed by atoms with Gasteiger partial charge >= 0.3 is 0 Å². The first-order valence-electron chi connectivity index (χ1n) is 6.57. The smallest absolute Gasteiger partial charge is 0.250 e. The van der Waals surface area contributed by atoms with Crippen molar-refractivity contribution >= 4 is 0 Å². The number of aliphatic hydroxyl groups excluding tert-OH is 1. The molecule has 0 aliphatic heterocycles. The molecule has 0 radical (unpaired) electrons. The summed E-state index contributed by atoms with van der Waals surface area (Å²) in [6.07, 6.45) is 5.24. The van der Waals surface area contributed by atoms with Gasteiger partial charge in [-0.1, -0.05) is 19.9 Å². The number of aryl methyl sites for hydroxylation is 2. The summed E-state index contributed by atoms with van der Waals surface area (Å²) in [5.41, 5.74) is 0.938. The fourth-order valence-corrected chi connectivity index (χ4v) is 2.03. The van der Waals surface area contributed by atoms with E-state index in [9.17, 15) is 9.90 Å². The molecule has 1 unspecified atom stereocenters. The van der Waals surface area contributed by atoms with E-state index in [0.717, 1.165) is 5.56 Å². The first-order chi connectivity index (χ1) is 9.08. The fourth-order valence-electron chi connectivity index (χ4n) is 2.03. The summed E-state index contributed by atoms with van der Waals surface area (Å²) in [6, 6.07) is 7.08. The zero-order chi connectivity index (χ0) is 13.8. The maximum atomic E-state index is 11.6. The van der Waals surface area contributed by atoms with E-state index < -0.39 is 6.10 Å². The SMILES string of the molecule is CC(C)C(O)c1ccn(CCn2ccccc2=O)c1. The van der Waals surface area contributed by atoms with Gasteiger partial charge in [0.15, 0.2) is 0 Å². The quantitative estimate of drug-likeness (QED) is 0.894. The molecular formula is C15H20N2O2. The van der Waals surface area contributed by atoms with Crippen molar-refractivity contribution in [3.63, 3.8) is 0 Å². The molecule has 0 aliphatic rings. The summed E-state index contributed by atoms with van der Waals surface area (Å²) in [5.74, 6) is 0.201. The van der Waals surface area contributed by atoms with Gasteiger partial charge in [0.05, 0.1) is 6.10 Å². The molecule has 0 spiro atoms. The number of aromatic nitrogens is 2. The van der Waals surface area contributed by atoms with Crippen LogP contribution in [0.15, 0.2) is 47.7 Å². The molecule has 2 aromatic heterocycles.